The SMILES string of the molecule is CCCNc1ncc(CN2CCN(C(C)=O)CC(O)C2)cn1. The van der Waals surface area contributed by atoms with Crippen LogP contribution in [0.4, 0.5) is 5.95 Å². The number of nitrogens with one attached hydrogen (secondary N) is 1. The van der Waals surface area contributed by atoms with Crippen molar-refractivity contribution >= 4 is 11.9 Å². The molecule has 0 aliphatic carbocycles. The third kappa shape index (κ3) is 4.92. The number of hydrogen-bond donors (Lipinski definition) is 2. The zero-order valence-electron chi connectivity index (χ0n) is 13.3. The van der Waals surface area contributed by atoms with E-state index in [1.807, 2.05) is 12.4 Å². The molecule has 1 aliphatic heterocycles. The van der Waals surface area contributed by atoms with Gasteiger partial charge in [-0.05, 0) is 6.42 Å². The van der Waals surface area contributed by atoms with Crippen LogP contribution in [0, 0.1) is 0 Å². The van der Waals surface area contributed by atoms with Gasteiger partial charge in [-0.25, -0.2) is 9.97 Å². The number of aromatic nitrogens is 2. The number of aliphatic hydroxyl groups excluding tert-OH is 1. The van der Waals surface area contributed by atoms with Crippen molar-refractivity contribution in [1.29, 1.82) is 0 Å². The van der Waals surface area contributed by atoms with Gasteiger partial charge < -0.3 is 15.3 Å². The Kier molecular flexibility index (Phi) is 6.09. The molecule has 122 valence electrons. The second-order valence-electron chi connectivity index (χ2n) is 5.70. The van der Waals surface area contributed by atoms with Gasteiger partial charge in [0.25, 0.3) is 0 Å². The molecular weight excluding hydrogens is 282 g/mol. The molecule has 1 aromatic heterocycles. The largest absolute Gasteiger partial charge is 0.390 e. The van der Waals surface area contributed by atoms with Crippen molar-refractivity contribution in [3.63, 3.8) is 0 Å². The van der Waals surface area contributed by atoms with Gasteiger partial charge in [-0.3, -0.25) is 9.69 Å². The molecule has 7 heteroatoms. The van der Waals surface area contributed by atoms with Gasteiger partial charge in [0, 0.05) is 64.1 Å². The Labute approximate surface area is 131 Å². The van der Waals surface area contributed by atoms with Crippen molar-refractivity contribution < 1.29 is 9.90 Å². The van der Waals surface area contributed by atoms with Gasteiger partial charge in [0.1, 0.15) is 0 Å². The number of amides is 1. The van der Waals surface area contributed by atoms with Crippen molar-refractivity contribution in [2.75, 3.05) is 38.0 Å². The summed E-state index contributed by atoms with van der Waals surface area (Å²) in [7, 11) is 0. The lowest BCUT2D eigenvalue weighted by Crippen LogP contribution is -2.36. The van der Waals surface area contributed by atoms with E-state index in [0.29, 0.717) is 32.1 Å². The predicted molar refractivity (Wildman–Crippen MR) is 84.4 cm³/mol. The molecule has 2 rings (SSSR count). The number of aliphatic hydroxyl groups is 1. The zero-order valence-corrected chi connectivity index (χ0v) is 13.3. The Morgan fingerprint density at radius 3 is 2.73 bits per heavy atom. The fourth-order valence-electron chi connectivity index (χ4n) is 2.51. The number of rotatable bonds is 5. The number of β-amino-alcohol motifs (C(OH)–C–C–N with tert-alkyl or cyclic N) is 1. The second kappa shape index (κ2) is 8.05. The van der Waals surface area contributed by atoms with Gasteiger partial charge in [-0.15, -0.1) is 0 Å². The van der Waals surface area contributed by atoms with Gasteiger partial charge in [0.15, 0.2) is 0 Å². The van der Waals surface area contributed by atoms with Crippen LogP contribution in [0.25, 0.3) is 0 Å². The molecule has 2 heterocycles. The molecule has 0 spiro atoms. The number of carbonyl (C=O) groups is 1. The zero-order chi connectivity index (χ0) is 15.9. The van der Waals surface area contributed by atoms with E-state index in [1.54, 1.807) is 4.90 Å². The number of carbonyl (C=O) groups excluding carboxylic acids is 1. The molecule has 1 atom stereocenters. The minimum atomic E-state index is -0.516. The third-order valence-corrected chi connectivity index (χ3v) is 3.68. The minimum absolute atomic E-state index is 0.00980. The van der Waals surface area contributed by atoms with Crippen LogP contribution in [-0.2, 0) is 11.3 Å². The van der Waals surface area contributed by atoms with Crippen LogP contribution in [0.15, 0.2) is 12.4 Å². The van der Waals surface area contributed by atoms with Crippen LogP contribution in [0.2, 0.25) is 0 Å². The minimum Gasteiger partial charge on any atom is -0.390 e. The molecule has 0 radical (unpaired) electrons. The van der Waals surface area contributed by atoms with Gasteiger partial charge >= 0.3 is 0 Å². The molecule has 22 heavy (non-hydrogen) atoms. The number of nitrogens with zero attached hydrogens (tertiary/aromatic N) is 4. The van der Waals surface area contributed by atoms with Gasteiger partial charge in [-0.2, -0.15) is 0 Å². The quantitative estimate of drug-likeness (QED) is 0.815. The molecule has 2 N–H and O–H groups in total. The Hall–Kier alpha value is -1.73. The van der Waals surface area contributed by atoms with E-state index < -0.39 is 6.10 Å². The van der Waals surface area contributed by atoms with Crippen molar-refractivity contribution in [2.45, 2.75) is 32.9 Å². The highest BCUT2D eigenvalue weighted by molar-refractivity contribution is 5.73. The van der Waals surface area contributed by atoms with Gasteiger partial charge in [-0.1, -0.05) is 6.92 Å². The fourth-order valence-corrected chi connectivity index (χ4v) is 2.51. The lowest BCUT2D eigenvalue weighted by molar-refractivity contribution is -0.129. The Morgan fingerprint density at radius 1 is 1.36 bits per heavy atom. The van der Waals surface area contributed by atoms with E-state index in [-0.39, 0.29) is 5.91 Å². The van der Waals surface area contributed by atoms with Gasteiger partial charge in [0.2, 0.25) is 11.9 Å². The first-order valence-corrected chi connectivity index (χ1v) is 7.79. The predicted octanol–water partition coefficient (Wildman–Crippen LogP) is 0.323. The fraction of sp³-hybridized carbons (Fsp3) is 0.667. The molecule has 1 fully saturated rings. The highest BCUT2D eigenvalue weighted by Crippen LogP contribution is 2.09. The molecule has 0 saturated carbocycles. The normalized spacial score (nSPS) is 19.8. The van der Waals surface area contributed by atoms with E-state index in [2.05, 4.69) is 27.1 Å². The molecule has 1 amide bonds. The highest BCUT2D eigenvalue weighted by Gasteiger charge is 2.22. The molecule has 1 aromatic rings. The summed E-state index contributed by atoms with van der Waals surface area (Å²) in [5, 5.41) is 13.2. The molecule has 7 nitrogen and oxygen atoms in total. The third-order valence-electron chi connectivity index (χ3n) is 3.68. The summed E-state index contributed by atoms with van der Waals surface area (Å²) in [4.78, 5) is 23.9. The summed E-state index contributed by atoms with van der Waals surface area (Å²) in [5.74, 6) is 0.653. The van der Waals surface area contributed by atoms with E-state index in [1.165, 1.54) is 6.92 Å². The number of hydrogen-bond acceptors (Lipinski definition) is 6. The summed E-state index contributed by atoms with van der Waals surface area (Å²) < 4.78 is 0. The van der Waals surface area contributed by atoms with E-state index in [0.717, 1.165) is 25.1 Å². The Bertz CT molecular complexity index is 479. The van der Waals surface area contributed by atoms with Crippen LogP contribution >= 0.6 is 0 Å². The molecule has 1 aliphatic rings. The van der Waals surface area contributed by atoms with E-state index in [4.69, 9.17) is 0 Å². The molecule has 1 unspecified atom stereocenters. The van der Waals surface area contributed by atoms with Crippen molar-refractivity contribution in [1.82, 2.24) is 19.8 Å². The Morgan fingerprint density at radius 2 is 2.09 bits per heavy atom. The standard InChI is InChI=1S/C15H25N5O2/c1-3-4-16-15-17-7-13(8-18-15)9-19-5-6-20(12(2)21)11-14(22)10-19/h7-8,14,22H,3-6,9-11H2,1-2H3,(H,16,17,18). The summed E-state index contributed by atoms with van der Waals surface area (Å²) in [6, 6.07) is 0. The van der Waals surface area contributed by atoms with Crippen molar-refractivity contribution in [2.24, 2.45) is 0 Å². The van der Waals surface area contributed by atoms with Crippen molar-refractivity contribution in [3.8, 4) is 0 Å². The van der Waals surface area contributed by atoms with E-state index in [9.17, 15) is 9.90 Å². The summed E-state index contributed by atoms with van der Waals surface area (Å²) in [6.45, 7) is 7.52. The molecule has 1 saturated heterocycles. The monoisotopic (exact) mass is 307 g/mol. The summed E-state index contributed by atoms with van der Waals surface area (Å²) in [5.41, 5.74) is 1.01. The van der Waals surface area contributed by atoms with Crippen LogP contribution in [0.3, 0.4) is 0 Å². The van der Waals surface area contributed by atoms with Crippen LogP contribution in [0.5, 0.6) is 0 Å². The Balaban J connectivity index is 1.91. The average molecular weight is 307 g/mol. The second-order valence-corrected chi connectivity index (χ2v) is 5.70. The maximum Gasteiger partial charge on any atom is 0.222 e. The number of anilines is 1. The van der Waals surface area contributed by atoms with Gasteiger partial charge in [0.05, 0.1) is 6.10 Å². The van der Waals surface area contributed by atoms with Crippen LogP contribution < -0.4 is 5.32 Å². The lowest BCUT2D eigenvalue weighted by Gasteiger charge is -2.20. The van der Waals surface area contributed by atoms with E-state index >= 15 is 0 Å². The topological polar surface area (TPSA) is 81.6 Å². The summed E-state index contributed by atoms with van der Waals surface area (Å²) in [6.07, 6.45) is 4.14. The highest BCUT2D eigenvalue weighted by atomic mass is 16.3. The lowest BCUT2D eigenvalue weighted by atomic mass is 10.2. The first-order valence-electron chi connectivity index (χ1n) is 7.79. The molecule has 0 aromatic carbocycles. The maximum atomic E-state index is 11.5. The molecule has 0 bridgehead atoms. The maximum absolute atomic E-state index is 11.5. The first-order chi connectivity index (χ1) is 10.6. The average Bonchev–Trinajstić information content (AvgIpc) is 2.68. The molecular formula is C15H25N5O2. The smallest absolute Gasteiger partial charge is 0.222 e. The van der Waals surface area contributed by atoms with Crippen molar-refractivity contribution in [3.05, 3.63) is 18.0 Å². The first kappa shape index (κ1) is 16.6. The van der Waals surface area contributed by atoms with Crippen LogP contribution in [0.1, 0.15) is 25.8 Å². The van der Waals surface area contributed by atoms with Crippen LogP contribution in [-0.4, -0.2) is 69.6 Å². The summed E-state index contributed by atoms with van der Waals surface area (Å²) >= 11 is 0.